The summed E-state index contributed by atoms with van der Waals surface area (Å²) in [6, 6.07) is 20.7. The molecule has 2 aromatic carbocycles. The first kappa shape index (κ1) is 25.3. The molecule has 1 saturated heterocycles. The quantitative estimate of drug-likeness (QED) is 0.426. The second-order valence-electron chi connectivity index (χ2n) is 10.1. The fourth-order valence-electron chi connectivity index (χ4n) is 5.89. The monoisotopic (exact) mass is 499 g/mol. The molecule has 2 fully saturated rings. The van der Waals surface area contributed by atoms with E-state index < -0.39 is 0 Å². The average molecular weight is 500 g/mol. The first-order chi connectivity index (χ1) is 18.2. The zero-order chi connectivity index (χ0) is 25.6. The van der Waals surface area contributed by atoms with Crippen LogP contribution in [0.2, 0.25) is 0 Å². The van der Waals surface area contributed by atoms with Crippen molar-refractivity contribution in [1.29, 1.82) is 0 Å². The van der Waals surface area contributed by atoms with Gasteiger partial charge < -0.3 is 19.7 Å². The number of carbonyl (C=O) groups excluding carboxylic acids is 1. The topological polar surface area (TPSA) is 63.7 Å². The van der Waals surface area contributed by atoms with Gasteiger partial charge in [-0.1, -0.05) is 61.7 Å². The number of methoxy groups -OCH3 is 2. The lowest BCUT2D eigenvalue weighted by molar-refractivity contribution is -0.137. The zero-order valence-corrected chi connectivity index (χ0v) is 21.9. The van der Waals surface area contributed by atoms with E-state index in [9.17, 15) is 4.79 Å². The van der Waals surface area contributed by atoms with E-state index in [0.717, 1.165) is 54.1 Å². The van der Waals surface area contributed by atoms with Gasteiger partial charge in [-0.3, -0.25) is 9.78 Å². The fraction of sp³-hybridized carbons (Fsp3) is 0.419. The van der Waals surface area contributed by atoms with Crippen LogP contribution < -0.4 is 14.8 Å². The molecule has 1 amide bonds. The summed E-state index contributed by atoms with van der Waals surface area (Å²) in [6.45, 7) is 1.41. The molecular formula is C31H37N3O3. The zero-order valence-electron chi connectivity index (χ0n) is 21.9. The van der Waals surface area contributed by atoms with Gasteiger partial charge in [0, 0.05) is 36.2 Å². The van der Waals surface area contributed by atoms with Gasteiger partial charge in [-0.2, -0.15) is 0 Å². The summed E-state index contributed by atoms with van der Waals surface area (Å²) in [4.78, 5) is 20.4. The second-order valence-corrected chi connectivity index (χ2v) is 10.1. The molecule has 0 radical (unpaired) electrons. The molecule has 1 aliphatic heterocycles. The number of nitrogens with zero attached hydrogens (tertiary/aromatic N) is 2. The van der Waals surface area contributed by atoms with Gasteiger partial charge in [-0.05, 0) is 43.0 Å². The van der Waals surface area contributed by atoms with Gasteiger partial charge >= 0.3 is 0 Å². The Morgan fingerprint density at radius 2 is 1.78 bits per heavy atom. The maximum atomic E-state index is 13.6. The Kier molecular flexibility index (Phi) is 8.05. The van der Waals surface area contributed by atoms with E-state index in [2.05, 4.69) is 45.5 Å². The Morgan fingerprint density at radius 3 is 2.54 bits per heavy atom. The van der Waals surface area contributed by atoms with Crippen molar-refractivity contribution >= 4 is 5.91 Å². The molecule has 2 unspecified atom stereocenters. The van der Waals surface area contributed by atoms with Crippen LogP contribution in [0.1, 0.15) is 55.7 Å². The van der Waals surface area contributed by atoms with Gasteiger partial charge in [0.1, 0.15) is 11.5 Å². The van der Waals surface area contributed by atoms with Crippen LogP contribution >= 0.6 is 0 Å². The Labute approximate surface area is 220 Å². The summed E-state index contributed by atoms with van der Waals surface area (Å²) in [5, 5.41) is 3.78. The SMILES string of the molecule is COc1cccc(-c2cc(CNC3CCN(C(=O)C4CCCCC4)C3c3ccccc3)c(OC)cn2)c1. The number of pyridine rings is 1. The van der Waals surface area contributed by atoms with Gasteiger partial charge in [-0.25, -0.2) is 0 Å². The third-order valence-electron chi connectivity index (χ3n) is 7.86. The molecule has 1 aromatic heterocycles. The summed E-state index contributed by atoms with van der Waals surface area (Å²) in [5.74, 6) is 2.06. The number of amides is 1. The molecule has 2 aliphatic rings. The van der Waals surface area contributed by atoms with Gasteiger partial charge in [0.25, 0.3) is 0 Å². The van der Waals surface area contributed by atoms with Crippen LogP contribution in [-0.4, -0.2) is 42.6 Å². The highest BCUT2D eigenvalue weighted by Gasteiger charge is 2.40. The maximum absolute atomic E-state index is 13.6. The average Bonchev–Trinajstić information content (AvgIpc) is 3.40. The molecule has 194 valence electrons. The largest absolute Gasteiger partial charge is 0.497 e. The summed E-state index contributed by atoms with van der Waals surface area (Å²) in [5.41, 5.74) is 4.10. The van der Waals surface area contributed by atoms with Crippen molar-refractivity contribution in [2.75, 3.05) is 20.8 Å². The van der Waals surface area contributed by atoms with E-state index in [1.54, 1.807) is 20.4 Å². The predicted molar refractivity (Wildman–Crippen MR) is 145 cm³/mol. The van der Waals surface area contributed by atoms with Crippen LogP contribution in [0.4, 0.5) is 0 Å². The van der Waals surface area contributed by atoms with Crippen molar-refractivity contribution in [1.82, 2.24) is 15.2 Å². The number of aromatic nitrogens is 1. The molecule has 0 bridgehead atoms. The number of rotatable bonds is 8. The lowest BCUT2D eigenvalue weighted by Crippen LogP contribution is -2.41. The summed E-state index contributed by atoms with van der Waals surface area (Å²) < 4.78 is 11.1. The first-order valence-electron chi connectivity index (χ1n) is 13.4. The number of hydrogen-bond donors (Lipinski definition) is 1. The molecule has 37 heavy (non-hydrogen) atoms. The number of nitrogens with one attached hydrogen (secondary N) is 1. The highest BCUT2D eigenvalue weighted by molar-refractivity contribution is 5.80. The van der Waals surface area contributed by atoms with Gasteiger partial charge in [0.2, 0.25) is 5.91 Å². The molecule has 1 N–H and O–H groups in total. The summed E-state index contributed by atoms with van der Waals surface area (Å²) >= 11 is 0. The van der Waals surface area contributed by atoms with Crippen molar-refractivity contribution in [3.63, 3.8) is 0 Å². The van der Waals surface area contributed by atoms with Crippen molar-refractivity contribution in [2.24, 2.45) is 5.92 Å². The fourth-order valence-corrected chi connectivity index (χ4v) is 5.89. The minimum absolute atomic E-state index is 0.0290. The molecule has 6 heteroatoms. The maximum Gasteiger partial charge on any atom is 0.226 e. The van der Waals surface area contributed by atoms with Crippen LogP contribution in [-0.2, 0) is 11.3 Å². The third kappa shape index (κ3) is 5.64. The van der Waals surface area contributed by atoms with Crippen LogP contribution in [0.5, 0.6) is 11.5 Å². The molecule has 2 atom stereocenters. The normalized spacial score (nSPS) is 20.1. The number of hydrogen-bond acceptors (Lipinski definition) is 5. The smallest absolute Gasteiger partial charge is 0.226 e. The third-order valence-corrected chi connectivity index (χ3v) is 7.86. The number of ether oxygens (including phenoxy) is 2. The lowest BCUT2D eigenvalue weighted by atomic mass is 9.87. The minimum atomic E-state index is 0.0290. The summed E-state index contributed by atoms with van der Waals surface area (Å²) in [6.07, 6.45) is 8.34. The van der Waals surface area contributed by atoms with Crippen LogP contribution in [0.3, 0.4) is 0 Å². The Morgan fingerprint density at radius 1 is 0.973 bits per heavy atom. The lowest BCUT2D eigenvalue weighted by Gasteiger charge is -2.33. The van der Waals surface area contributed by atoms with Gasteiger partial charge in [0.15, 0.2) is 0 Å². The molecule has 5 rings (SSSR count). The number of likely N-dealkylation sites (tertiary alicyclic amines) is 1. The Bertz CT molecular complexity index is 1190. The first-order valence-corrected chi connectivity index (χ1v) is 13.4. The van der Waals surface area contributed by atoms with Crippen LogP contribution in [0.25, 0.3) is 11.3 Å². The van der Waals surface area contributed by atoms with Crippen molar-refractivity contribution in [2.45, 2.75) is 57.2 Å². The summed E-state index contributed by atoms with van der Waals surface area (Å²) in [7, 11) is 3.35. The van der Waals surface area contributed by atoms with Crippen molar-refractivity contribution in [3.8, 4) is 22.8 Å². The molecule has 1 aliphatic carbocycles. The molecule has 0 spiro atoms. The van der Waals surface area contributed by atoms with Gasteiger partial charge in [0.05, 0.1) is 32.2 Å². The van der Waals surface area contributed by atoms with E-state index in [1.807, 2.05) is 30.3 Å². The van der Waals surface area contributed by atoms with E-state index >= 15 is 0 Å². The Balaban J connectivity index is 1.37. The minimum Gasteiger partial charge on any atom is -0.497 e. The van der Waals surface area contributed by atoms with E-state index in [-0.39, 0.29) is 18.0 Å². The van der Waals surface area contributed by atoms with Crippen molar-refractivity contribution < 1.29 is 14.3 Å². The van der Waals surface area contributed by atoms with E-state index in [4.69, 9.17) is 9.47 Å². The molecule has 6 nitrogen and oxygen atoms in total. The van der Waals surface area contributed by atoms with Crippen molar-refractivity contribution in [3.05, 3.63) is 78.0 Å². The molecular weight excluding hydrogens is 462 g/mol. The standard InChI is InChI=1S/C31H37N3O3/c1-36-26-15-9-14-24(18-26)28-19-25(29(37-2)21-33-28)20-32-27-16-17-34(30(27)22-10-5-3-6-11-22)31(35)23-12-7-4-8-13-23/h3,5-6,9-11,14-15,18-19,21,23,27,30,32H,4,7-8,12-13,16-17,20H2,1-2H3. The molecule has 1 saturated carbocycles. The van der Waals surface area contributed by atoms with Crippen LogP contribution in [0.15, 0.2) is 66.9 Å². The Hall–Kier alpha value is -3.38. The number of carbonyl (C=O) groups is 1. The highest BCUT2D eigenvalue weighted by atomic mass is 16.5. The van der Waals surface area contributed by atoms with Crippen LogP contribution in [0, 0.1) is 5.92 Å². The van der Waals surface area contributed by atoms with E-state index in [1.165, 1.54) is 24.8 Å². The van der Waals surface area contributed by atoms with Gasteiger partial charge in [-0.15, -0.1) is 0 Å². The molecule has 2 heterocycles. The second kappa shape index (κ2) is 11.8. The molecule has 3 aromatic rings. The highest BCUT2D eigenvalue weighted by Crippen LogP contribution is 2.37. The van der Waals surface area contributed by atoms with E-state index in [0.29, 0.717) is 12.5 Å². The number of benzene rings is 2. The predicted octanol–water partition coefficient (Wildman–Crippen LogP) is 5.78.